The van der Waals surface area contributed by atoms with Gasteiger partial charge in [0.05, 0.1) is 29.9 Å². The number of carbonyl (C=O) groups is 1. The molecule has 2 aromatic carbocycles. The summed E-state index contributed by atoms with van der Waals surface area (Å²) in [6.45, 7) is 3.18. The van der Waals surface area contributed by atoms with E-state index in [1.54, 1.807) is 13.3 Å². The van der Waals surface area contributed by atoms with E-state index in [1.807, 2.05) is 42.5 Å². The lowest BCUT2D eigenvalue weighted by atomic mass is 9.94. The van der Waals surface area contributed by atoms with Crippen LogP contribution in [0.15, 0.2) is 60.8 Å². The number of hydrogen-bond donors (Lipinski definition) is 2. The van der Waals surface area contributed by atoms with Crippen LogP contribution in [-0.4, -0.2) is 60.3 Å². The summed E-state index contributed by atoms with van der Waals surface area (Å²) in [7, 11) is 1.71. The summed E-state index contributed by atoms with van der Waals surface area (Å²) >= 11 is 0. The Hall–Kier alpha value is -3.03. The number of methoxy groups -OCH3 is 1. The number of urea groups is 1. The second-order valence-electron chi connectivity index (χ2n) is 7.22. The van der Waals surface area contributed by atoms with Crippen molar-refractivity contribution in [1.29, 1.82) is 0 Å². The lowest BCUT2D eigenvalue weighted by Gasteiger charge is -2.20. The van der Waals surface area contributed by atoms with Crippen LogP contribution in [0.2, 0.25) is 0 Å². The van der Waals surface area contributed by atoms with Crippen LogP contribution in [0.5, 0.6) is 0 Å². The van der Waals surface area contributed by atoms with Crippen LogP contribution in [0, 0.1) is 0 Å². The number of amides is 2. The molecule has 1 aromatic heterocycles. The second-order valence-corrected chi connectivity index (χ2v) is 7.22. The topological polar surface area (TPSA) is 79.4 Å². The number of carbonyl (C=O) groups excluding carboxylic acids is 1. The molecule has 2 amide bonds. The van der Waals surface area contributed by atoms with Gasteiger partial charge in [-0.15, -0.1) is 0 Å². The van der Waals surface area contributed by atoms with Crippen LogP contribution < -0.4 is 10.6 Å². The first-order valence-corrected chi connectivity index (χ1v) is 9.78. The third kappa shape index (κ3) is 4.70. The zero-order chi connectivity index (χ0) is 20.1. The zero-order valence-electron chi connectivity index (χ0n) is 16.4. The molecule has 3 aromatic rings. The van der Waals surface area contributed by atoms with Crippen molar-refractivity contribution in [2.45, 2.75) is 12.0 Å². The largest absolute Gasteiger partial charge is 0.383 e. The molecular formula is C22H25N5O2. The van der Waals surface area contributed by atoms with Crippen molar-refractivity contribution >= 4 is 22.9 Å². The van der Waals surface area contributed by atoms with Crippen LogP contribution >= 0.6 is 0 Å². The summed E-state index contributed by atoms with van der Waals surface area (Å²) < 4.78 is 5.22. The monoisotopic (exact) mass is 391 g/mol. The van der Waals surface area contributed by atoms with E-state index in [1.165, 1.54) is 5.56 Å². The maximum Gasteiger partial charge on any atom is 0.320 e. The molecule has 0 saturated carbocycles. The number of likely N-dealkylation sites (tertiary alicyclic amines) is 1. The maximum absolute atomic E-state index is 12.7. The summed E-state index contributed by atoms with van der Waals surface area (Å²) in [5.41, 5.74) is 2.77. The average Bonchev–Trinajstić information content (AvgIpc) is 3.15. The molecule has 0 bridgehead atoms. The standard InChI is InChI=1S/C22H25N5O2/c1-29-12-11-27-14-17(16-7-3-2-4-8-16)20(15-27)25-22(28)26-21-13-23-18-9-5-6-10-19(18)24-21/h2-10,13,17,20H,11-12,14-15H2,1H3,(H2,24,25,26,28)/t17-,20+/m0/s1. The van der Waals surface area contributed by atoms with Crippen molar-refractivity contribution in [2.24, 2.45) is 0 Å². The van der Waals surface area contributed by atoms with Gasteiger partial charge in [0, 0.05) is 32.7 Å². The number of rotatable bonds is 6. The summed E-state index contributed by atoms with van der Waals surface area (Å²) in [5.74, 6) is 0.660. The minimum atomic E-state index is -0.269. The molecule has 0 aliphatic carbocycles. The zero-order valence-corrected chi connectivity index (χ0v) is 16.4. The summed E-state index contributed by atoms with van der Waals surface area (Å²) in [6, 6.07) is 17.6. The second kappa shape index (κ2) is 8.98. The first kappa shape index (κ1) is 19.3. The van der Waals surface area contributed by atoms with Crippen LogP contribution in [-0.2, 0) is 4.74 Å². The highest BCUT2D eigenvalue weighted by Gasteiger charge is 2.34. The van der Waals surface area contributed by atoms with Crippen molar-refractivity contribution in [1.82, 2.24) is 20.2 Å². The fraction of sp³-hybridized carbons (Fsp3) is 0.318. The SMILES string of the molecule is COCCN1C[C@@H](NC(=O)Nc2cnc3ccccc3n2)[C@H](c2ccccc2)C1. The number of para-hydroxylation sites is 2. The molecule has 1 fully saturated rings. The number of nitrogens with one attached hydrogen (secondary N) is 2. The van der Waals surface area contributed by atoms with Crippen LogP contribution in [0.4, 0.5) is 10.6 Å². The Labute approximate surface area is 170 Å². The Morgan fingerprint density at radius 3 is 2.66 bits per heavy atom. The molecular weight excluding hydrogens is 366 g/mol. The van der Waals surface area contributed by atoms with Crippen molar-refractivity contribution in [2.75, 3.05) is 38.7 Å². The highest BCUT2D eigenvalue weighted by Crippen LogP contribution is 2.27. The van der Waals surface area contributed by atoms with E-state index >= 15 is 0 Å². The smallest absolute Gasteiger partial charge is 0.320 e. The van der Waals surface area contributed by atoms with Gasteiger partial charge in [-0.1, -0.05) is 42.5 Å². The Morgan fingerprint density at radius 2 is 1.86 bits per heavy atom. The molecule has 1 saturated heterocycles. The highest BCUT2D eigenvalue weighted by atomic mass is 16.5. The third-order valence-corrected chi connectivity index (χ3v) is 5.24. The molecule has 1 aliphatic rings. The van der Waals surface area contributed by atoms with Crippen LogP contribution in [0.25, 0.3) is 11.0 Å². The van der Waals surface area contributed by atoms with E-state index < -0.39 is 0 Å². The number of aromatic nitrogens is 2. The molecule has 2 N–H and O–H groups in total. The van der Waals surface area contributed by atoms with E-state index in [4.69, 9.17) is 4.74 Å². The van der Waals surface area contributed by atoms with Crippen molar-refractivity contribution in [3.63, 3.8) is 0 Å². The van der Waals surface area contributed by atoms with Crippen molar-refractivity contribution in [3.05, 3.63) is 66.4 Å². The van der Waals surface area contributed by atoms with Crippen LogP contribution in [0.3, 0.4) is 0 Å². The van der Waals surface area contributed by atoms with E-state index in [-0.39, 0.29) is 18.0 Å². The van der Waals surface area contributed by atoms with Gasteiger partial charge in [-0.25, -0.2) is 9.78 Å². The molecule has 0 radical (unpaired) electrons. The van der Waals surface area contributed by atoms with Gasteiger partial charge in [0.15, 0.2) is 5.82 Å². The van der Waals surface area contributed by atoms with Crippen molar-refractivity contribution in [3.8, 4) is 0 Å². The minimum Gasteiger partial charge on any atom is -0.383 e. The van der Waals surface area contributed by atoms with E-state index in [9.17, 15) is 4.79 Å². The molecule has 2 heterocycles. The van der Waals surface area contributed by atoms with Gasteiger partial charge in [-0.3, -0.25) is 15.2 Å². The predicted octanol–water partition coefficient (Wildman–Crippen LogP) is 2.87. The Bertz CT molecular complexity index is 966. The van der Waals surface area contributed by atoms with Gasteiger partial charge >= 0.3 is 6.03 Å². The Kier molecular flexibility index (Phi) is 5.97. The minimum absolute atomic E-state index is 0.00247. The lowest BCUT2D eigenvalue weighted by molar-refractivity contribution is 0.159. The lowest BCUT2D eigenvalue weighted by Crippen LogP contribution is -2.42. The first-order valence-electron chi connectivity index (χ1n) is 9.78. The van der Waals surface area contributed by atoms with Gasteiger partial charge < -0.3 is 10.1 Å². The van der Waals surface area contributed by atoms with Gasteiger partial charge in [-0.2, -0.15) is 0 Å². The normalized spacial score (nSPS) is 19.3. The molecule has 4 rings (SSSR count). The maximum atomic E-state index is 12.7. The molecule has 0 spiro atoms. The van der Waals surface area contributed by atoms with E-state index in [2.05, 4.69) is 37.6 Å². The van der Waals surface area contributed by atoms with Gasteiger partial charge in [-0.05, 0) is 17.7 Å². The number of hydrogen-bond acceptors (Lipinski definition) is 5. The first-order chi connectivity index (χ1) is 14.2. The number of benzene rings is 2. The molecule has 29 heavy (non-hydrogen) atoms. The number of fused-ring (bicyclic) bond motifs is 1. The summed E-state index contributed by atoms with van der Waals surface area (Å²) in [5, 5.41) is 5.95. The molecule has 7 heteroatoms. The molecule has 0 unspecified atom stereocenters. The summed E-state index contributed by atoms with van der Waals surface area (Å²) in [4.78, 5) is 23.8. The number of nitrogens with zero attached hydrogens (tertiary/aromatic N) is 3. The molecule has 1 aliphatic heterocycles. The highest BCUT2D eigenvalue weighted by molar-refractivity contribution is 5.89. The quantitative estimate of drug-likeness (QED) is 0.676. The number of anilines is 1. The van der Waals surface area contributed by atoms with Gasteiger partial charge in [0.2, 0.25) is 0 Å². The summed E-state index contributed by atoms with van der Waals surface area (Å²) in [6.07, 6.45) is 1.58. The van der Waals surface area contributed by atoms with E-state index in [0.29, 0.717) is 12.4 Å². The van der Waals surface area contributed by atoms with E-state index in [0.717, 1.165) is 30.7 Å². The van der Waals surface area contributed by atoms with Crippen LogP contribution in [0.1, 0.15) is 11.5 Å². The van der Waals surface area contributed by atoms with Crippen molar-refractivity contribution < 1.29 is 9.53 Å². The fourth-order valence-corrected chi connectivity index (χ4v) is 3.81. The predicted molar refractivity (Wildman–Crippen MR) is 113 cm³/mol. The fourth-order valence-electron chi connectivity index (χ4n) is 3.81. The Morgan fingerprint density at radius 1 is 1.10 bits per heavy atom. The molecule has 150 valence electrons. The molecule has 7 nitrogen and oxygen atoms in total. The Balaban J connectivity index is 1.45. The van der Waals surface area contributed by atoms with Gasteiger partial charge in [0.1, 0.15) is 0 Å². The van der Waals surface area contributed by atoms with Gasteiger partial charge in [0.25, 0.3) is 0 Å². The third-order valence-electron chi connectivity index (χ3n) is 5.24. The molecule has 2 atom stereocenters. The average molecular weight is 391 g/mol. The number of ether oxygens (including phenoxy) is 1.